The fourth-order valence-corrected chi connectivity index (χ4v) is 2.02. The van der Waals surface area contributed by atoms with Gasteiger partial charge < -0.3 is 5.11 Å². The Morgan fingerprint density at radius 3 is 2.56 bits per heavy atom. The summed E-state index contributed by atoms with van der Waals surface area (Å²) in [6, 6.07) is 5.78. The van der Waals surface area contributed by atoms with Gasteiger partial charge in [0.2, 0.25) is 0 Å². The number of sulfone groups is 1. The summed E-state index contributed by atoms with van der Waals surface area (Å²) in [4.78, 5) is 0. The van der Waals surface area contributed by atoms with Crippen LogP contribution >= 0.6 is 0 Å². The molecule has 0 saturated carbocycles. The van der Waals surface area contributed by atoms with Crippen molar-refractivity contribution >= 4 is 9.84 Å². The smallest absolute Gasteiger partial charge is 0.152 e. The predicted molar refractivity (Wildman–Crippen MR) is 60.4 cm³/mol. The number of halogens is 1. The molecular formula is C11H15FO3S. The monoisotopic (exact) mass is 246 g/mol. The van der Waals surface area contributed by atoms with E-state index in [0.717, 1.165) is 6.26 Å². The molecule has 0 spiro atoms. The lowest BCUT2D eigenvalue weighted by Gasteiger charge is -2.17. The van der Waals surface area contributed by atoms with Gasteiger partial charge in [-0.05, 0) is 31.0 Å². The second-order valence-corrected chi connectivity index (χ2v) is 6.34. The van der Waals surface area contributed by atoms with Crippen molar-refractivity contribution in [2.24, 2.45) is 0 Å². The number of aliphatic hydroxyl groups is 1. The van der Waals surface area contributed by atoms with E-state index in [1.54, 1.807) is 6.07 Å². The van der Waals surface area contributed by atoms with Gasteiger partial charge in [-0.1, -0.05) is 12.1 Å². The molecule has 1 rings (SSSR count). The number of aliphatic hydroxyl groups excluding tert-OH is 1. The van der Waals surface area contributed by atoms with Crippen LogP contribution in [0.25, 0.3) is 0 Å². The fourth-order valence-electron chi connectivity index (χ4n) is 1.36. The van der Waals surface area contributed by atoms with Crippen LogP contribution < -0.4 is 0 Å². The summed E-state index contributed by atoms with van der Waals surface area (Å²) in [5.74, 6) is -0.392. The number of rotatable bonds is 4. The Morgan fingerprint density at radius 1 is 1.44 bits per heavy atom. The van der Waals surface area contributed by atoms with Crippen LogP contribution in [0.3, 0.4) is 0 Å². The highest BCUT2D eigenvalue weighted by Crippen LogP contribution is 2.12. The van der Waals surface area contributed by atoms with Gasteiger partial charge in [-0.3, -0.25) is 0 Å². The number of hydrogen-bond acceptors (Lipinski definition) is 3. The lowest BCUT2D eigenvalue weighted by atomic mass is 10.1. The molecule has 0 fully saturated rings. The molecule has 0 amide bonds. The van der Waals surface area contributed by atoms with Gasteiger partial charge in [0.15, 0.2) is 9.84 Å². The topological polar surface area (TPSA) is 54.4 Å². The lowest BCUT2D eigenvalue weighted by molar-refractivity contribution is 0.173. The van der Waals surface area contributed by atoms with Gasteiger partial charge in [0, 0.05) is 6.26 Å². The average Bonchev–Trinajstić information content (AvgIpc) is 2.15. The predicted octanol–water partition coefficient (Wildman–Crippen LogP) is 1.16. The summed E-state index contributed by atoms with van der Waals surface area (Å²) in [5, 5.41) is 8.84. The first-order valence-corrected chi connectivity index (χ1v) is 6.87. The molecule has 0 saturated heterocycles. The molecule has 0 aliphatic rings. The van der Waals surface area contributed by atoms with Crippen LogP contribution in [-0.4, -0.2) is 31.1 Å². The van der Waals surface area contributed by atoms with Crippen molar-refractivity contribution in [3.05, 3.63) is 35.6 Å². The second kappa shape index (κ2) is 4.93. The first-order chi connectivity index (χ1) is 7.30. The maximum absolute atomic E-state index is 12.9. The van der Waals surface area contributed by atoms with E-state index in [1.807, 2.05) is 0 Å². The van der Waals surface area contributed by atoms with Crippen LogP contribution in [0, 0.1) is 5.82 Å². The molecule has 16 heavy (non-hydrogen) atoms. The highest BCUT2D eigenvalue weighted by Gasteiger charge is 2.24. The molecule has 0 aromatic heterocycles. The maximum atomic E-state index is 12.9. The van der Waals surface area contributed by atoms with Crippen molar-refractivity contribution in [2.75, 3.05) is 6.26 Å². The molecule has 5 heteroatoms. The van der Waals surface area contributed by atoms with Crippen LogP contribution in [0.4, 0.5) is 4.39 Å². The molecule has 90 valence electrons. The molecular weight excluding hydrogens is 231 g/mol. The van der Waals surface area contributed by atoms with E-state index in [9.17, 15) is 17.9 Å². The molecule has 1 aromatic rings. The van der Waals surface area contributed by atoms with Crippen molar-refractivity contribution in [3.8, 4) is 0 Å². The minimum atomic E-state index is -3.28. The Labute approximate surface area is 94.8 Å². The summed E-state index contributed by atoms with van der Waals surface area (Å²) in [5.41, 5.74) is 0.586. The van der Waals surface area contributed by atoms with E-state index in [1.165, 1.54) is 25.1 Å². The van der Waals surface area contributed by atoms with Crippen molar-refractivity contribution in [1.29, 1.82) is 0 Å². The van der Waals surface area contributed by atoms with Gasteiger partial charge in [0.25, 0.3) is 0 Å². The summed E-state index contributed by atoms with van der Waals surface area (Å²) in [7, 11) is -3.28. The summed E-state index contributed by atoms with van der Waals surface area (Å²) in [6.45, 7) is 1.44. The highest BCUT2D eigenvalue weighted by atomic mass is 32.2. The van der Waals surface area contributed by atoms with E-state index < -0.39 is 27.0 Å². The molecule has 0 aliphatic carbocycles. The number of hydrogen-bond donors (Lipinski definition) is 1. The molecule has 3 nitrogen and oxygen atoms in total. The van der Waals surface area contributed by atoms with Crippen LogP contribution in [0.5, 0.6) is 0 Å². The molecule has 1 aromatic carbocycles. The van der Waals surface area contributed by atoms with Crippen molar-refractivity contribution < 1.29 is 17.9 Å². The van der Waals surface area contributed by atoms with E-state index in [-0.39, 0.29) is 6.42 Å². The minimum absolute atomic E-state index is 0.131. The minimum Gasteiger partial charge on any atom is -0.391 e. The third-order valence-electron chi connectivity index (χ3n) is 2.55. The summed E-state index contributed by atoms with van der Waals surface area (Å²) >= 11 is 0. The first-order valence-electron chi connectivity index (χ1n) is 4.92. The normalized spacial score (nSPS) is 15.8. The Bertz CT molecular complexity index is 456. The summed E-state index contributed by atoms with van der Waals surface area (Å²) < 4.78 is 35.2. The maximum Gasteiger partial charge on any atom is 0.152 e. The molecule has 2 atom stereocenters. The molecule has 1 N–H and O–H groups in total. The third-order valence-corrected chi connectivity index (χ3v) is 4.22. The van der Waals surface area contributed by atoms with Crippen LogP contribution in [-0.2, 0) is 16.3 Å². The van der Waals surface area contributed by atoms with E-state index in [4.69, 9.17) is 0 Å². The van der Waals surface area contributed by atoms with Gasteiger partial charge in [-0.2, -0.15) is 0 Å². The standard InChI is InChI=1S/C11H15FO3S/c1-8(16(2,14)15)11(13)7-9-4-3-5-10(12)6-9/h3-6,8,11,13H,7H2,1-2H3. The number of benzene rings is 1. The highest BCUT2D eigenvalue weighted by molar-refractivity contribution is 7.91. The largest absolute Gasteiger partial charge is 0.391 e. The van der Waals surface area contributed by atoms with Crippen molar-refractivity contribution in [3.63, 3.8) is 0 Å². The van der Waals surface area contributed by atoms with E-state index in [2.05, 4.69) is 0 Å². The zero-order valence-corrected chi connectivity index (χ0v) is 10.0. The van der Waals surface area contributed by atoms with Gasteiger partial charge in [0.05, 0.1) is 11.4 Å². The molecule has 0 heterocycles. The van der Waals surface area contributed by atoms with Crippen LogP contribution in [0.15, 0.2) is 24.3 Å². The Hall–Kier alpha value is -0.940. The van der Waals surface area contributed by atoms with Gasteiger partial charge >= 0.3 is 0 Å². The fraction of sp³-hybridized carbons (Fsp3) is 0.455. The first kappa shape index (κ1) is 13.1. The molecule has 2 unspecified atom stereocenters. The zero-order valence-electron chi connectivity index (χ0n) is 9.22. The van der Waals surface area contributed by atoms with Crippen molar-refractivity contribution in [2.45, 2.75) is 24.7 Å². The quantitative estimate of drug-likeness (QED) is 0.867. The molecule has 0 aliphatic heterocycles. The Morgan fingerprint density at radius 2 is 2.06 bits per heavy atom. The summed E-state index contributed by atoms with van der Waals surface area (Å²) in [6.07, 6.45) is 0.190. The second-order valence-electron chi connectivity index (χ2n) is 3.94. The Kier molecular flexibility index (Phi) is 4.04. The lowest BCUT2D eigenvalue weighted by Crippen LogP contribution is -2.32. The van der Waals surface area contributed by atoms with E-state index >= 15 is 0 Å². The Balaban J connectivity index is 2.75. The van der Waals surface area contributed by atoms with Gasteiger partial charge in [0.1, 0.15) is 5.82 Å². The molecule has 0 radical (unpaired) electrons. The van der Waals surface area contributed by atoms with Crippen molar-refractivity contribution in [1.82, 2.24) is 0 Å². The van der Waals surface area contributed by atoms with Gasteiger partial charge in [-0.25, -0.2) is 12.8 Å². The molecule has 0 bridgehead atoms. The van der Waals surface area contributed by atoms with E-state index in [0.29, 0.717) is 5.56 Å². The third kappa shape index (κ3) is 3.57. The average molecular weight is 246 g/mol. The zero-order chi connectivity index (χ0) is 12.3. The van der Waals surface area contributed by atoms with Gasteiger partial charge in [-0.15, -0.1) is 0 Å². The van der Waals surface area contributed by atoms with Crippen LogP contribution in [0.1, 0.15) is 12.5 Å². The SMILES string of the molecule is CC(C(O)Cc1cccc(F)c1)S(C)(=O)=O. The van der Waals surface area contributed by atoms with Crippen LogP contribution in [0.2, 0.25) is 0 Å².